The van der Waals surface area contributed by atoms with Crippen molar-refractivity contribution in [3.8, 4) is 0 Å². The lowest BCUT2D eigenvalue weighted by atomic mass is 10.0. The molecule has 0 rings (SSSR count). The van der Waals surface area contributed by atoms with Crippen molar-refractivity contribution < 1.29 is 9.53 Å². The molecule has 0 bridgehead atoms. The SMILES string of the molecule is CCC(CNC)CC(=O)OC(C)(C)C. The molecule has 14 heavy (non-hydrogen) atoms. The Labute approximate surface area is 87.2 Å². The van der Waals surface area contributed by atoms with Crippen molar-refractivity contribution in [1.82, 2.24) is 5.32 Å². The van der Waals surface area contributed by atoms with E-state index in [1.807, 2.05) is 27.8 Å². The van der Waals surface area contributed by atoms with Crippen molar-refractivity contribution in [2.45, 2.75) is 46.1 Å². The third kappa shape index (κ3) is 6.89. The molecular formula is C11H23NO2. The summed E-state index contributed by atoms with van der Waals surface area (Å²) in [5.41, 5.74) is -0.366. The fourth-order valence-corrected chi connectivity index (χ4v) is 1.27. The molecule has 0 fully saturated rings. The smallest absolute Gasteiger partial charge is 0.306 e. The van der Waals surface area contributed by atoms with Gasteiger partial charge in [0.1, 0.15) is 5.60 Å². The van der Waals surface area contributed by atoms with Gasteiger partial charge in [-0.1, -0.05) is 13.3 Å². The lowest BCUT2D eigenvalue weighted by Crippen LogP contribution is -2.27. The van der Waals surface area contributed by atoms with Gasteiger partial charge in [-0.15, -0.1) is 0 Å². The first kappa shape index (κ1) is 13.4. The van der Waals surface area contributed by atoms with Crippen molar-refractivity contribution in [2.24, 2.45) is 5.92 Å². The summed E-state index contributed by atoms with van der Waals surface area (Å²) in [4.78, 5) is 11.5. The molecule has 0 aromatic heterocycles. The van der Waals surface area contributed by atoms with Crippen molar-refractivity contribution in [1.29, 1.82) is 0 Å². The molecule has 3 nitrogen and oxygen atoms in total. The van der Waals surface area contributed by atoms with Crippen LogP contribution in [-0.2, 0) is 9.53 Å². The fourth-order valence-electron chi connectivity index (χ4n) is 1.27. The van der Waals surface area contributed by atoms with E-state index in [4.69, 9.17) is 4.74 Å². The molecule has 1 unspecified atom stereocenters. The van der Waals surface area contributed by atoms with Gasteiger partial charge in [0.05, 0.1) is 0 Å². The standard InChI is InChI=1S/C11H23NO2/c1-6-9(8-12-5)7-10(13)14-11(2,3)4/h9,12H,6-8H2,1-5H3. The van der Waals surface area contributed by atoms with Gasteiger partial charge in [0, 0.05) is 6.42 Å². The molecule has 84 valence electrons. The summed E-state index contributed by atoms with van der Waals surface area (Å²) in [7, 11) is 1.90. The second-order valence-corrected chi connectivity index (χ2v) is 4.62. The molecule has 0 saturated heterocycles. The molecule has 1 N–H and O–H groups in total. The van der Waals surface area contributed by atoms with Crippen LogP contribution >= 0.6 is 0 Å². The topological polar surface area (TPSA) is 38.3 Å². The Balaban J connectivity index is 3.91. The minimum Gasteiger partial charge on any atom is -0.460 e. The van der Waals surface area contributed by atoms with Crippen molar-refractivity contribution in [3.63, 3.8) is 0 Å². The Morgan fingerprint density at radius 3 is 2.36 bits per heavy atom. The van der Waals surface area contributed by atoms with Crippen LogP contribution in [0, 0.1) is 5.92 Å². The summed E-state index contributed by atoms with van der Waals surface area (Å²) >= 11 is 0. The first-order valence-corrected chi connectivity index (χ1v) is 5.25. The lowest BCUT2D eigenvalue weighted by molar-refractivity contribution is -0.155. The predicted molar refractivity (Wildman–Crippen MR) is 58.2 cm³/mol. The maximum Gasteiger partial charge on any atom is 0.306 e. The first-order chi connectivity index (χ1) is 6.39. The molecule has 0 saturated carbocycles. The van der Waals surface area contributed by atoms with Crippen LogP contribution in [0.5, 0.6) is 0 Å². The van der Waals surface area contributed by atoms with Crippen LogP contribution in [0.4, 0.5) is 0 Å². The number of carbonyl (C=O) groups is 1. The van der Waals surface area contributed by atoms with Crippen LogP contribution in [0.3, 0.4) is 0 Å². The molecule has 0 aromatic rings. The molecule has 0 aliphatic heterocycles. The summed E-state index contributed by atoms with van der Waals surface area (Å²) in [5.74, 6) is 0.287. The molecule has 0 radical (unpaired) electrons. The van der Waals surface area contributed by atoms with Crippen LogP contribution in [0.1, 0.15) is 40.5 Å². The molecule has 0 aliphatic rings. The highest BCUT2D eigenvalue weighted by Gasteiger charge is 2.19. The van der Waals surface area contributed by atoms with Gasteiger partial charge in [-0.3, -0.25) is 4.79 Å². The highest BCUT2D eigenvalue weighted by atomic mass is 16.6. The van der Waals surface area contributed by atoms with E-state index in [9.17, 15) is 4.79 Å². The Bertz CT molecular complexity index is 173. The Hall–Kier alpha value is -0.570. The van der Waals surface area contributed by atoms with Gasteiger partial charge in [-0.25, -0.2) is 0 Å². The van der Waals surface area contributed by atoms with E-state index in [2.05, 4.69) is 12.2 Å². The van der Waals surface area contributed by atoms with Crippen molar-refractivity contribution >= 4 is 5.97 Å². The van der Waals surface area contributed by atoms with Crippen LogP contribution in [0.25, 0.3) is 0 Å². The molecule has 0 amide bonds. The zero-order valence-corrected chi connectivity index (χ0v) is 10.0. The number of ether oxygens (including phenoxy) is 1. The highest BCUT2D eigenvalue weighted by Crippen LogP contribution is 2.13. The van der Waals surface area contributed by atoms with E-state index in [0.717, 1.165) is 13.0 Å². The molecule has 0 heterocycles. The van der Waals surface area contributed by atoms with Crippen LogP contribution in [0.2, 0.25) is 0 Å². The fraction of sp³-hybridized carbons (Fsp3) is 0.909. The quantitative estimate of drug-likeness (QED) is 0.691. The van der Waals surface area contributed by atoms with Crippen LogP contribution in [-0.4, -0.2) is 25.2 Å². The van der Waals surface area contributed by atoms with Crippen LogP contribution < -0.4 is 5.32 Å². The van der Waals surface area contributed by atoms with E-state index < -0.39 is 0 Å². The van der Waals surface area contributed by atoms with Crippen molar-refractivity contribution in [3.05, 3.63) is 0 Å². The number of hydrogen-bond donors (Lipinski definition) is 1. The Morgan fingerprint density at radius 1 is 1.43 bits per heavy atom. The van der Waals surface area contributed by atoms with Gasteiger partial charge >= 0.3 is 5.97 Å². The first-order valence-electron chi connectivity index (χ1n) is 5.25. The molecule has 1 atom stereocenters. The average Bonchev–Trinajstić information content (AvgIpc) is 2.00. The predicted octanol–water partition coefficient (Wildman–Crippen LogP) is 1.96. The van der Waals surface area contributed by atoms with Gasteiger partial charge in [-0.2, -0.15) is 0 Å². The van der Waals surface area contributed by atoms with Gasteiger partial charge in [-0.05, 0) is 40.3 Å². The number of hydrogen-bond acceptors (Lipinski definition) is 3. The van der Waals surface area contributed by atoms with Gasteiger partial charge < -0.3 is 10.1 Å². The Kier molecular flexibility index (Phi) is 5.77. The maximum atomic E-state index is 11.5. The molecule has 3 heteroatoms. The van der Waals surface area contributed by atoms with E-state index >= 15 is 0 Å². The van der Waals surface area contributed by atoms with E-state index in [0.29, 0.717) is 12.3 Å². The van der Waals surface area contributed by atoms with E-state index in [1.54, 1.807) is 0 Å². The number of nitrogens with one attached hydrogen (secondary N) is 1. The van der Waals surface area contributed by atoms with Crippen LogP contribution in [0.15, 0.2) is 0 Å². The summed E-state index contributed by atoms with van der Waals surface area (Å²) in [6, 6.07) is 0. The van der Waals surface area contributed by atoms with Gasteiger partial charge in [0.2, 0.25) is 0 Å². The summed E-state index contributed by atoms with van der Waals surface area (Å²) in [6.45, 7) is 8.64. The number of carbonyl (C=O) groups excluding carboxylic acids is 1. The zero-order chi connectivity index (χ0) is 11.2. The minimum atomic E-state index is -0.366. The second kappa shape index (κ2) is 6.02. The highest BCUT2D eigenvalue weighted by molar-refractivity contribution is 5.70. The molecular weight excluding hydrogens is 178 g/mol. The summed E-state index contributed by atoms with van der Waals surface area (Å²) < 4.78 is 5.25. The summed E-state index contributed by atoms with van der Waals surface area (Å²) in [6.07, 6.45) is 1.51. The largest absolute Gasteiger partial charge is 0.460 e. The Morgan fingerprint density at radius 2 is 2.00 bits per heavy atom. The van der Waals surface area contributed by atoms with E-state index in [1.165, 1.54) is 0 Å². The monoisotopic (exact) mass is 201 g/mol. The minimum absolute atomic E-state index is 0.0976. The molecule has 0 aliphatic carbocycles. The van der Waals surface area contributed by atoms with Crippen molar-refractivity contribution in [2.75, 3.05) is 13.6 Å². The third-order valence-corrected chi connectivity index (χ3v) is 1.95. The number of rotatable bonds is 5. The summed E-state index contributed by atoms with van der Waals surface area (Å²) in [5, 5.41) is 3.08. The molecule has 0 spiro atoms. The zero-order valence-electron chi connectivity index (χ0n) is 10.0. The third-order valence-electron chi connectivity index (χ3n) is 1.95. The number of esters is 1. The normalized spacial score (nSPS) is 13.8. The second-order valence-electron chi connectivity index (χ2n) is 4.62. The average molecular weight is 201 g/mol. The lowest BCUT2D eigenvalue weighted by Gasteiger charge is -2.21. The van der Waals surface area contributed by atoms with Gasteiger partial charge in [0.25, 0.3) is 0 Å². The maximum absolute atomic E-state index is 11.5. The van der Waals surface area contributed by atoms with E-state index in [-0.39, 0.29) is 11.6 Å². The molecule has 0 aromatic carbocycles. The van der Waals surface area contributed by atoms with Gasteiger partial charge in [0.15, 0.2) is 0 Å².